The lowest BCUT2D eigenvalue weighted by atomic mass is 9.77. The first-order valence-corrected chi connectivity index (χ1v) is 7.44. The van der Waals surface area contributed by atoms with Gasteiger partial charge in [0.1, 0.15) is 0 Å². The van der Waals surface area contributed by atoms with Crippen LogP contribution in [0, 0.1) is 11.8 Å². The maximum absolute atomic E-state index is 12.9. The van der Waals surface area contributed by atoms with Gasteiger partial charge in [0, 0.05) is 11.5 Å². The number of benzene rings is 1. The average molecular weight is 292 g/mol. The molecule has 4 rings (SSSR count). The second-order valence-corrected chi connectivity index (χ2v) is 6.31. The molecular formula is C17H15F3O. The fraction of sp³-hybridized carbons (Fsp3) is 0.471. The Labute approximate surface area is 120 Å². The predicted octanol–water partition coefficient (Wildman–Crippen LogP) is 4.40. The van der Waals surface area contributed by atoms with Crippen LogP contribution in [0.2, 0.25) is 0 Å². The predicted molar refractivity (Wildman–Crippen MR) is 72.5 cm³/mol. The van der Waals surface area contributed by atoms with Crippen molar-refractivity contribution in [3.8, 4) is 0 Å². The number of carbonyl (C=O) groups is 1. The minimum absolute atomic E-state index is 0.0337. The molecule has 0 saturated heterocycles. The Balaban J connectivity index is 1.81. The zero-order valence-corrected chi connectivity index (χ0v) is 11.5. The summed E-state index contributed by atoms with van der Waals surface area (Å²) in [5.74, 6) is 0.405. The standard InChI is InChI=1S/C17H15F3O/c18-17(19,20)10-6-5-9-7-14-11-3-1-2-4-12(11)16(21)15(14)13(9)8-10/h5-6,8,11-12H,1-4,7H2. The molecule has 0 amide bonds. The number of rotatable bonds is 0. The summed E-state index contributed by atoms with van der Waals surface area (Å²) in [6.07, 6.45) is 0.390. The summed E-state index contributed by atoms with van der Waals surface area (Å²) in [6, 6.07) is 3.85. The van der Waals surface area contributed by atoms with Gasteiger partial charge in [-0.05, 0) is 48.4 Å². The maximum Gasteiger partial charge on any atom is 0.416 e. The normalized spacial score (nSPS) is 27.7. The molecule has 1 aromatic rings. The SMILES string of the molecule is O=C1C2=C(Cc3ccc(C(F)(F)F)cc32)C2CCCCC12. The summed E-state index contributed by atoms with van der Waals surface area (Å²) >= 11 is 0. The Hall–Kier alpha value is -1.58. The smallest absolute Gasteiger partial charge is 0.294 e. The zero-order valence-electron chi connectivity index (χ0n) is 11.5. The minimum atomic E-state index is -4.35. The second kappa shape index (κ2) is 4.21. The van der Waals surface area contributed by atoms with Gasteiger partial charge in [-0.3, -0.25) is 4.79 Å². The van der Waals surface area contributed by atoms with E-state index in [4.69, 9.17) is 0 Å². The molecule has 0 radical (unpaired) electrons. The Morgan fingerprint density at radius 2 is 1.76 bits per heavy atom. The van der Waals surface area contributed by atoms with Crippen molar-refractivity contribution in [2.24, 2.45) is 11.8 Å². The minimum Gasteiger partial charge on any atom is -0.294 e. The van der Waals surface area contributed by atoms with Crippen LogP contribution < -0.4 is 0 Å². The van der Waals surface area contributed by atoms with Gasteiger partial charge in [-0.1, -0.05) is 24.5 Å². The highest BCUT2D eigenvalue weighted by Crippen LogP contribution is 2.52. The van der Waals surface area contributed by atoms with E-state index in [1.54, 1.807) is 6.07 Å². The third-order valence-corrected chi connectivity index (χ3v) is 5.21. The van der Waals surface area contributed by atoms with Crippen LogP contribution in [0.15, 0.2) is 23.8 Å². The van der Waals surface area contributed by atoms with E-state index in [0.29, 0.717) is 17.6 Å². The molecule has 3 aliphatic carbocycles. The van der Waals surface area contributed by atoms with Gasteiger partial charge in [-0.15, -0.1) is 0 Å². The van der Waals surface area contributed by atoms with Crippen LogP contribution in [0.25, 0.3) is 5.57 Å². The third-order valence-electron chi connectivity index (χ3n) is 5.21. The third kappa shape index (κ3) is 1.81. The summed E-state index contributed by atoms with van der Waals surface area (Å²) in [7, 11) is 0. The molecule has 21 heavy (non-hydrogen) atoms. The molecule has 1 saturated carbocycles. The number of fused-ring (bicyclic) bond motifs is 4. The van der Waals surface area contributed by atoms with Gasteiger partial charge < -0.3 is 0 Å². The number of ketones is 1. The van der Waals surface area contributed by atoms with Crippen LogP contribution in [-0.2, 0) is 17.4 Å². The van der Waals surface area contributed by atoms with E-state index in [9.17, 15) is 18.0 Å². The molecule has 0 heterocycles. The summed E-state index contributed by atoms with van der Waals surface area (Å²) < 4.78 is 38.7. The summed E-state index contributed by atoms with van der Waals surface area (Å²) in [5.41, 5.74) is 2.49. The summed E-state index contributed by atoms with van der Waals surface area (Å²) in [4.78, 5) is 12.6. The second-order valence-electron chi connectivity index (χ2n) is 6.31. The fourth-order valence-corrected chi connectivity index (χ4v) is 4.26. The highest BCUT2D eigenvalue weighted by molar-refractivity contribution is 6.26. The van der Waals surface area contributed by atoms with Crippen LogP contribution in [0.5, 0.6) is 0 Å². The van der Waals surface area contributed by atoms with E-state index in [-0.39, 0.29) is 17.6 Å². The molecule has 110 valence electrons. The quantitative estimate of drug-likeness (QED) is 0.692. The number of halogens is 3. The number of Topliss-reactive ketones (excluding diaryl/α,β-unsaturated/α-hetero) is 1. The molecule has 3 aliphatic rings. The first-order chi connectivity index (χ1) is 9.97. The van der Waals surface area contributed by atoms with Crippen LogP contribution >= 0.6 is 0 Å². The van der Waals surface area contributed by atoms with Crippen molar-refractivity contribution in [1.82, 2.24) is 0 Å². The molecule has 2 atom stereocenters. The van der Waals surface area contributed by atoms with E-state index in [0.717, 1.165) is 42.9 Å². The fourth-order valence-electron chi connectivity index (χ4n) is 4.26. The lowest BCUT2D eigenvalue weighted by Crippen LogP contribution is -2.23. The maximum atomic E-state index is 12.9. The molecule has 1 nitrogen and oxygen atoms in total. The first kappa shape index (κ1) is 13.1. The van der Waals surface area contributed by atoms with Gasteiger partial charge >= 0.3 is 6.18 Å². The Bertz CT molecular complexity index is 669. The Morgan fingerprint density at radius 3 is 2.48 bits per heavy atom. The van der Waals surface area contributed by atoms with Crippen molar-refractivity contribution in [2.75, 3.05) is 0 Å². The Morgan fingerprint density at radius 1 is 1.05 bits per heavy atom. The number of alkyl halides is 3. The van der Waals surface area contributed by atoms with Gasteiger partial charge in [0.15, 0.2) is 5.78 Å². The molecule has 2 unspecified atom stereocenters. The molecular weight excluding hydrogens is 277 g/mol. The molecule has 0 aliphatic heterocycles. The molecule has 0 aromatic heterocycles. The molecule has 0 bridgehead atoms. The van der Waals surface area contributed by atoms with Gasteiger partial charge in [0.05, 0.1) is 5.56 Å². The zero-order chi connectivity index (χ0) is 14.8. The van der Waals surface area contributed by atoms with Crippen LogP contribution in [0.4, 0.5) is 13.2 Å². The van der Waals surface area contributed by atoms with Gasteiger partial charge in [0.25, 0.3) is 0 Å². The van der Waals surface area contributed by atoms with E-state index in [1.807, 2.05) is 0 Å². The molecule has 1 fully saturated rings. The number of hydrogen-bond acceptors (Lipinski definition) is 1. The van der Waals surface area contributed by atoms with Crippen LogP contribution in [0.3, 0.4) is 0 Å². The number of carbonyl (C=O) groups excluding carboxylic acids is 1. The van der Waals surface area contributed by atoms with E-state index < -0.39 is 11.7 Å². The van der Waals surface area contributed by atoms with Crippen molar-refractivity contribution >= 4 is 11.4 Å². The molecule has 4 heteroatoms. The van der Waals surface area contributed by atoms with Gasteiger partial charge in [-0.2, -0.15) is 13.2 Å². The van der Waals surface area contributed by atoms with Crippen molar-refractivity contribution in [2.45, 2.75) is 38.3 Å². The van der Waals surface area contributed by atoms with Gasteiger partial charge in [0.2, 0.25) is 0 Å². The van der Waals surface area contributed by atoms with Crippen molar-refractivity contribution in [3.63, 3.8) is 0 Å². The molecule has 0 spiro atoms. The van der Waals surface area contributed by atoms with Crippen LogP contribution in [0.1, 0.15) is 42.4 Å². The summed E-state index contributed by atoms with van der Waals surface area (Å²) in [5, 5.41) is 0. The summed E-state index contributed by atoms with van der Waals surface area (Å²) in [6.45, 7) is 0. The van der Waals surface area contributed by atoms with E-state index in [1.165, 1.54) is 6.07 Å². The van der Waals surface area contributed by atoms with Gasteiger partial charge in [-0.25, -0.2) is 0 Å². The topological polar surface area (TPSA) is 17.1 Å². The van der Waals surface area contributed by atoms with Crippen molar-refractivity contribution < 1.29 is 18.0 Å². The monoisotopic (exact) mass is 292 g/mol. The Kier molecular flexibility index (Phi) is 2.63. The number of allylic oxidation sites excluding steroid dienone is 2. The first-order valence-electron chi connectivity index (χ1n) is 7.44. The number of hydrogen-bond donors (Lipinski definition) is 0. The molecule has 0 N–H and O–H groups in total. The highest BCUT2D eigenvalue weighted by Gasteiger charge is 2.46. The van der Waals surface area contributed by atoms with Crippen LogP contribution in [-0.4, -0.2) is 5.78 Å². The molecule has 1 aromatic carbocycles. The van der Waals surface area contributed by atoms with E-state index >= 15 is 0 Å². The van der Waals surface area contributed by atoms with Crippen molar-refractivity contribution in [3.05, 3.63) is 40.5 Å². The van der Waals surface area contributed by atoms with E-state index in [2.05, 4.69) is 0 Å². The average Bonchev–Trinajstić information content (AvgIpc) is 2.95. The van der Waals surface area contributed by atoms with Crippen molar-refractivity contribution in [1.29, 1.82) is 0 Å². The highest BCUT2D eigenvalue weighted by atomic mass is 19.4. The lowest BCUT2D eigenvalue weighted by molar-refractivity contribution is -0.137. The lowest BCUT2D eigenvalue weighted by Gasteiger charge is -2.26. The largest absolute Gasteiger partial charge is 0.416 e.